The van der Waals surface area contributed by atoms with E-state index in [-0.39, 0.29) is 11.9 Å². The van der Waals surface area contributed by atoms with Gasteiger partial charge >= 0.3 is 6.03 Å². The highest BCUT2D eigenvalue weighted by atomic mass is 16.2. The van der Waals surface area contributed by atoms with E-state index < -0.39 is 0 Å². The summed E-state index contributed by atoms with van der Waals surface area (Å²) in [6.07, 6.45) is 3.78. The number of imidazole rings is 1. The van der Waals surface area contributed by atoms with Crippen molar-refractivity contribution in [2.75, 3.05) is 25.5 Å². The van der Waals surface area contributed by atoms with Crippen molar-refractivity contribution in [2.24, 2.45) is 0 Å². The number of amides is 3. The molecule has 0 atom stereocenters. The van der Waals surface area contributed by atoms with E-state index in [9.17, 15) is 9.59 Å². The number of likely N-dealkylation sites (tertiary alicyclic amines) is 1. The van der Waals surface area contributed by atoms with Crippen molar-refractivity contribution in [3.05, 3.63) is 48.2 Å². The van der Waals surface area contributed by atoms with E-state index >= 15 is 0 Å². The van der Waals surface area contributed by atoms with Gasteiger partial charge in [0.25, 0.3) is 5.91 Å². The Labute approximate surface area is 156 Å². The lowest BCUT2D eigenvalue weighted by atomic mass is 10.1. The Bertz CT molecular complexity index is 1010. The first kappa shape index (κ1) is 17.0. The average molecular weight is 364 g/mol. The molecule has 1 aliphatic heterocycles. The number of urea groups is 1. The van der Waals surface area contributed by atoms with E-state index in [0.717, 1.165) is 37.2 Å². The van der Waals surface area contributed by atoms with Gasteiger partial charge in [0.1, 0.15) is 0 Å². The predicted molar refractivity (Wildman–Crippen MR) is 102 cm³/mol. The topological polar surface area (TPSA) is 91.6 Å². The molecule has 0 spiro atoms. The van der Waals surface area contributed by atoms with Crippen molar-refractivity contribution in [2.45, 2.75) is 12.8 Å². The summed E-state index contributed by atoms with van der Waals surface area (Å²) in [7, 11) is 1.54. The monoisotopic (exact) mass is 364 g/mol. The van der Waals surface area contributed by atoms with Crippen LogP contribution in [0.4, 0.5) is 10.6 Å². The maximum absolute atomic E-state index is 12.6. The van der Waals surface area contributed by atoms with Crippen LogP contribution in [0.5, 0.6) is 0 Å². The second-order valence-electron chi connectivity index (χ2n) is 6.43. The average Bonchev–Trinajstić information content (AvgIpc) is 3.36. The van der Waals surface area contributed by atoms with E-state index in [1.807, 2.05) is 41.3 Å². The number of aromatic nitrogens is 3. The van der Waals surface area contributed by atoms with Gasteiger partial charge in [-0.25, -0.2) is 14.3 Å². The Morgan fingerprint density at radius 1 is 1.11 bits per heavy atom. The number of rotatable bonds is 3. The van der Waals surface area contributed by atoms with Gasteiger partial charge in [-0.2, -0.15) is 5.10 Å². The molecule has 27 heavy (non-hydrogen) atoms. The molecule has 1 saturated heterocycles. The minimum absolute atomic E-state index is 0.0649. The smallest absolute Gasteiger partial charge is 0.320 e. The first-order valence-electron chi connectivity index (χ1n) is 8.89. The molecule has 8 nitrogen and oxygen atoms in total. The van der Waals surface area contributed by atoms with Crippen LogP contribution in [-0.2, 0) is 0 Å². The Balaban J connectivity index is 1.62. The van der Waals surface area contributed by atoms with Crippen LogP contribution in [-0.4, -0.2) is 51.6 Å². The third kappa shape index (κ3) is 3.46. The van der Waals surface area contributed by atoms with E-state index in [0.29, 0.717) is 17.0 Å². The second-order valence-corrected chi connectivity index (χ2v) is 6.43. The molecule has 1 aromatic carbocycles. The van der Waals surface area contributed by atoms with Crippen LogP contribution in [0.25, 0.3) is 16.9 Å². The Morgan fingerprint density at radius 3 is 2.70 bits per heavy atom. The van der Waals surface area contributed by atoms with Crippen LogP contribution in [0, 0.1) is 0 Å². The molecule has 3 aromatic rings. The first-order valence-corrected chi connectivity index (χ1v) is 8.89. The van der Waals surface area contributed by atoms with Gasteiger partial charge in [0.15, 0.2) is 11.5 Å². The number of carbonyl (C=O) groups excluding carboxylic acids is 2. The Morgan fingerprint density at radius 2 is 1.93 bits per heavy atom. The summed E-state index contributed by atoms with van der Waals surface area (Å²) >= 11 is 0. The zero-order valence-corrected chi connectivity index (χ0v) is 15.0. The van der Waals surface area contributed by atoms with Crippen molar-refractivity contribution in [3.63, 3.8) is 0 Å². The molecule has 0 bridgehead atoms. The third-order valence-corrected chi connectivity index (χ3v) is 4.59. The highest BCUT2D eigenvalue weighted by molar-refractivity contribution is 5.95. The van der Waals surface area contributed by atoms with Crippen LogP contribution in [0.3, 0.4) is 0 Å². The molecule has 2 N–H and O–H groups in total. The molecule has 4 rings (SSSR count). The molecule has 0 unspecified atom stereocenters. The van der Waals surface area contributed by atoms with E-state index in [2.05, 4.69) is 20.7 Å². The fourth-order valence-corrected chi connectivity index (χ4v) is 3.19. The molecule has 0 saturated carbocycles. The molecular formula is C19H20N6O2. The van der Waals surface area contributed by atoms with Crippen molar-refractivity contribution in [1.82, 2.24) is 24.8 Å². The number of hydrogen-bond donors (Lipinski definition) is 2. The summed E-state index contributed by atoms with van der Waals surface area (Å²) < 4.78 is 1.61. The van der Waals surface area contributed by atoms with Crippen LogP contribution in [0.2, 0.25) is 0 Å². The predicted octanol–water partition coefficient (Wildman–Crippen LogP) is 2.38. The zero-order chi connectivity index (χ0) is 18.8. The number of fused-ring (bicyclic) bond motifs is 1. The molecule has 0 aliphatic carbocycles. The van der Waals surface area contributed by atoms with Crippen molar-refractivity contribution in [3.8, 4) is 11.3 Å². The van der Waals surface area contributed by atoms with Gasteiger partial charge in [-0.3, -0.25) is 10.1 Å². The van der Waals surface area contributed by atoms with Crippen LogP contribution < -0.4 is 10.6 Å². The van der Waals surface area contributed by atoms with Crippen molar-refractivity contribution < 1.29 is 9.59 Å². The lowest BCUT2D eigenvalue weighted by molar-refractivity contribution is 0.0793. The molecule has 3 heterocycles. The summed E-state index contributed by atoms with van der Waals surface area (Å²) in [6.45, 7) is 1.65. The van der Waals surface area contributed by atoms with Crippen molar-refractivity contribution in [1.29, 1.82) is 0 Å². The fraction of sp³-hybridized carbons (Fsp3) is 0.263. The second kappa shape index (κ2) is 7.06. The van der Waals surface area contributed by atoms with Gasteiger partial charge in [0.2, 0.25) is 0 Å². The summed E-state index contributed by atoms with van der Waals surface area (Å²) in [6, 6.07) is 10.8. The maximum Gasteiger partial charge on any atom is 0.320 e. The molecule has 1 fully saturated rings. The molecule has 2 aromatic heterocycles. The van der Waals surface area contributed by atoms with E-state index in [1.54, 1.807) is 10.7 Å². The lowest BCUT2D eigenvalue weighted by Crippen LogP contribution is -2.27. The number of nitrogens with one attached hydrogen (secondary N) is 2. The minimum Gasteiger partial charge on any atom is -0.341 e. The Hall–Kier alpha value is -3.42. The zero-order valence-electron chi connectivity index (χ0n) is 15.0. The summed E-state index contributed by atoms with van der Waals surface area (Å²) in [5.41, 5.74) is 2.87. The quantitative estimate of drug-likeness (QED) is 0.746. The number of benzene rings is 1. The van der Waals surface area contributed by atoms with E-state index in [1.165, 1.54) is 7.05 Å². The molecule has 0 radical (unpaired) electrons. The van der Waals surface area contributed by atoms with E-state index in [4.69, 9.17) is 0 Å². The number of hydrogen-bond acceptors (Lipinski definition) is 4. The summed E-state index contributed by atoms with van der Waals surface area (Å²) in [5, 5.41) is 9.66. The number of anilines is 1. The number of carbonyl (C=O) groups is 2. The highest BCUT2D eigenvalue weighted by Crippen LogP contribution is 2.21. The summed E-state index contributed by atoms with van der Waals surface area (Å²) in [5.74, 6) is 0.479. The standard InChI is InChI=1S/C19H20N6O2/c1-20-19(27)22-16-12-25-17(21-16)8-7-15(23-25)13-5-4-6-14(11-13)18(26)24-9-2-3-10-24/h4-8,11-12H,2-3,9-10H2,1H3,(H2,20,22,27). The highest BCUT2D eigenvalue weighted by Gasteiger charge is 2.19. The van der Waals surface area contributed by atoms with Crippen LogP contribution >= 0.6 is 0 Å². The summed E-state index contributed by atoms with van der Waals surface area (Å²) in [4.78, 5) is 30.2. The van der Waals surface area contributed by atoms with Crippen molar-refractivity contribution >= 4 is 23.4 Å². The van der Waals surface area contributed by atoms with Gasteiger partial charge in [0, 0.05) is 31.3 Å². The van der Waals surface area contributed by atoms with Crippen LogP contribution in [0.15, 0.2) is 42.6 Å². The molecule has 8 heteroatoms. The first-order chi connectivity index (χ1) is 13.1. The Kier molecular flexibility index (Phi) is 4.45. The SMILES string of the molecule is CNC(=O)Nc1cn2nc(-c3cccc(C(=O)N4CCCC4)c3)ccc2n1. The van der Waals surface area contributed by atoms with Gasteiger partial charge < -0.3 is 10.2 Å². The molecule has 3 amide bonds. The van der Waals surface area contributed by atoms with Gasteiger partial charge in [-0.05, 0) is 37.1 Å². The van der Waals surface area contributed by atoms with Gasteiger partial charge in [0.05, 0.1) is 11.9 Å². The maximum atomic E-state index is 12.6. The largest absolute Gasteiger partial charge is 0.341 e. The lowest BCUT2D eigenvalue weighted by Gasteiger charge is -2.15. The van der Waals surface area contributed by atoms with Gasteiger partial charge in [-0.15, -0.1) is 0 Å². The number of nitrogens with zero attached hydrogens (tertiary/aromatic N) is 4. The molecular weight excluding hydrogens is 344 g/mol. The molecule has 1 aliphatic rings. The fourth-order valence-electron chi connectivity index (χ4n) is 3.19. The van der Waals surface area contributed by atoms with Crippen LogP contribution in [0.1, 0.15) is 23.2 Å². The third-order valence-electron chi connectivity index (χ3n) is 4.59. The van der Waals surface area contributed by atoms with Gasteiger partial charge in [-0.1, -0.05) is 12.1 Å². The minimum atomic E-state index is -0.341. The normalized spacial score (nSPS) is 13.7. The molecule has 138 valence electrons.